The van der Waals surface area contributed by atoms with E-state index in [2.05, 4.69) is 45.6 Å². The van der Waals surface area contributed by atoms with Crippen LogP contribution < -0.4 is 0 Å². The first-order chi connectivity index (χ1) is 19.0. The van der Waals surface area contributed by atoms with Gasteiger partial charge in [0.15, 0.2) is 0 Å². The summed E-state index contributed by atoms with van der Waals surface area (Å²) in [5, 5.41) is 0. The minimum absolute atomic E-state index is 0.00456. The molecule has 0 aromatic rings. The van der Waals surface area contributed by atoms with Crippen LogP contribution in [0, 0.1) is 46.3 Å². The molecule has 0 unspecified atom stereocenters. The van der Waals surface area contributed by atoms with Crippen molar-refractivity contribution >= 4 is 11.9 Å². The van der Waals surface area contributed by atoms with Gasteiger partial charge in [0.05, 0.1) is 6.10 Å². The van der Waals surface area contributed by atoms with Gasteiger partial charge in [0, 0.05) is 32.2 Å². The maximum Gasteiger partial charge on any atom is 0.306 e. The van der Waals surface area contributed by atoms with Crippen molar-refractivity contribution < 1.29 is 19.1 Å². The zero-order valence-corrected chi connectivity index (χ0v) is 26.2. The normalized spacial score (nSPS) is 47.6. The second kappa shape index (κ2) is 10.4. The van der Waals surface area contributed by atoms with Gasteiger partial charge < -0.3 is 14.4 Å². The van der Waals surface area contributed by atoms with E-state index in [0.29, 0.717) is 36.0 Å². The monoisotopic (exact) mass is 553 g/mol. The van der Waals surface area contributed by atoms with E-state index in [9.17, 15) is 9.59 Å². The molecule has 2 aliphatic heterocycles. The van der Waals surface area contributed by atoms with Crippen molar-refractivity contribution in [1.82, 2.24) is 4.90 Å². The largest absolute Gasteiger partial charge is 0.462 e. The number of ether oxygens (including phenoxy) is 2. The lowest BCUT2D eigenvalue weighted by Crippen LogP contribution is -2.60. The Morgan fingerprint density at radius 1 is 1.07 bits per heavy atom. The molecular formula is C35H55NO4. The Kier molecular flexibility index (Phi) is 7.49. The Morgan fingerprint density at radius 3 is 2.62 bits per heavy atom. The molecule has 1 amide bonds. The molecular weight excluding hydrogens is 498 g/mol. The third-order valence-corrected chi connectivity index (χ3v) is 13.4. The fourth-order valence-corrected chi connectivity index (χ4v) is 11.3. The number of unbranched alkanes of at least 4 members (excludes halogenated alkanes) is 2. The summed E-state index contributed by atoms with van der Waals surface area (Å²) in [4.78, 5) is 27.4. The molecule has 0 aromatic heterocycles. The van der Waals surface area contributed by atoms with Crippen LogP contribution in [0.25, 0.3) is 0 Å². The summed E-state index contributed by atoms with van der Waals surface area (Å²) in [5.41, 5.74) is 1.71. The molecule has 4 aliphatic carbocycles. The van der Waals surface area contributed by atoms with Gasteiger partial charge in [-0.25, -0.2) is 0 Å². The number of carbonyl (C=O) groups is 2. The van der Waals surface area contributed by atoms with Crippen molar-refractivity contribution in [3.8, 4) is 0 Å². The van der Waals surface area contributed by atoms with E-state index < -0.39 is 5.72 Å². The van der Waals surface area contributed by atoms with Crippen LogP contribution in [-0.2, 0) is 19.1 Å². The average Bonchev–Trinajstić information content (AvgIpc) is 3.36. The SMILES string of the molecule is CCCCCC(=O)O[C@@H]1CC[C@@]2(C)C(=CC[C@H]3[C@@H]4C[C@H]5O[C@@]6(CC[C@H](C)CN6C(C)=O)[C@@H](C)[C@@H]5[C@@]4(C)CC[C@@H]32)C1. The number of carbonyl (C=O) groups excluding carboxylic acids is 2. The van der Waals surface area contributed by atoms with Crippen LogP contribution in [0.15, 0.2) is 11.6 Å². The Labute approximate surface area is 243 Å². The first-order valence-corrected chi connectivity index (χ1v) is 16.9. The lowest BCUT2D eigenvalue weighted by atomic mass is 9.46. The summed E-state index contributed by atoms with van der Waals surface area (Å²) >= 11 is 0. The van der Waals surface area contributed by atoms with Gasteiger partial charge >= 0.3 is 5.97 Å². The lowest BCUT2D eigenvalue weighted by Gasteiger charge is -2.59. The number of piperidine rings is 1. The van der Waals surface area contributed by atoms with E-state index in [1.807, 2.05) is 0 Å². The highest BCUT2D eigenvalue weighted by molar-refractivity contribution is 5.74. The van der Waals surface area contributed by atoms with Crippen molar-refractivity contribution in [3.63, 3.8) is 0 Å². The Balaban J connectivity index is 1.18. The number of fused-ring (bicyclic) bond motifs is 7. The van der Waals surface area contributed by atoms with E-state index in [1.165, 1.54) is 19.3 Å². The van der Waals surface area contributed by atoms with Gasteiger partial charge in [-0.3, -0.25) is 9.59 Å². The number of nitrogens with zero attached hydrogens (tertiary/aromatic N) is 1. The molecule has 40 heavy (non-hydrogen) atoms. The maximum absolute atomic E-state index is 12.8. The van der Waals surface area contributed by atoms with Crippen molar-refractivity contribution in [3.05, 3.63) is 11.6 Å². The molecule has 0 aromatic carbocycles. The zero-order valence-electron chi connectivity index (χ0n) is 26.2. The number of rotatable bonds is 5. The van der Waals surface area contributed by atoms with Crippen molar-refractivity contribution in [2.75, 3.05) is 6.54 Å². The smallest absolute Gasteiger partial charge is 0.306 e. The molecule has 0 N–H and O–H groups in total. The van der Waals surface area contributed by atoms with Gasteiger partial charge in [0.25, 0.3) is 0 Å². The van der Waals surface area contributed by atoms with Crippen LogP contribution in [0.2, 0.25) is 0 Å². The summed E-state index contributed by atoms with van der Waals surface area (Å²) in [5.74, 6) is 3.79. The molecule has 2 saturated heterocycles. The molecule has 1 spiro atoms. The third kappa shape index (κ3) is 4.33. The second-order valence-electron chi connectivity index (χ2n) is 15.4. The first-order valence-electron chi connectivity index (χ1n) is 16.9. The second-order valence-corrected chi connectivity index (χ2v) is 15.4. The minimum Gasteiger partial charge on any atom is -0.462 e. The topological polar surface area (TPSA) is 55.8 Å². The van der Waals surface area contributed by atoms with E-state index in [4.69, 9.17) is 9.47 Å². The lowest BCUT2D eigenvalue weighted by molar-refractivity contribution is -0.200. The molecule has 0 radical (unpaired) electrons. The van der Waals surface area contributed by atoms with Crippen molar-refractivity contribution in [2.24, 2.45) is 46.3 Å². The fraction of sp³-hybridized carbons (Fsp3) is 0.886. The molecule has 0 bridgehead atoms. The summed E-state index contributed by atoms with van der Waals surface area (Å²) in [7, 11) is 0. The number of allylic oxidation sites excluding steroid dienone is 1. The Bertz CT molecular complexity index is 1040. The molecule has 5 heteroatoms. The van der Waals surface area contributed by atoms with E-state index >= 15 is 0 Å². The number of likely N-dealkylation sites (tertiary alicyclic amines) is 1. The van der Waals surface area contributed by atoms with Crippen LogP contribution in [0.1, 0.15) is 125 Å². The predicted octanol–water partition coefficient (Wildman–Crippen LogP) is 7.68. The summed E-state index contributed by atoms with van der Waals surface area (Å²) in [6.07, 6.45) is 16.8. The summed E-state index contributed by atoms with van der Waals surface area (Å²) < 4.78 is 13.1. The van der Waals surface area contributed by atoms with E-state index in [-0.39, 0.29) is 34.9 Å². The molecule has 5 fully saturated rings. The number of hydrogen-bond donors (Lipinski definition) is 0. The predicted molar refractivity (Wildman–Crippen MR) is 157 cm³/mol. The molecule has 2 heterocycles. The average molecular weight is 554 g/mol. The van der Waals surface area contributed by atoms with Gasteiger partial charge in [0.2, 0.25) is 5.91 Å². The molecule has 6 rings (SSSR count). The zero-order chi connectivity index (χ0) is 28.4. The van der Waals surface area contributed by atoms with Crippen LogP contribution in [-0.4, -0.2) is 41.3 Å². The van der Waals surface area contributed by atoms with Gasteiger partial charge in [0.1, 0.15) is 11.8 Å². The van der Waals surface area contributed by atoms with Crippen LogP contribution in [0.4, 0.5) is 0 Å². The van der Waals surface area contributed by atoms with Gasteiger partial charge in [-0.1, -0.05) is 59.1 Å². The van der Waals surface area contributed by atoms with Gasteiger partial charge in [-0.15, -0.1) is 0 Å². The molecule has 5 nitrogen and oxygen atoms in total. The van der Waals surface area contributed by atoms with Gasteiger partial charge in [-0.05, 0) is 98.2 Å². The Morgan fingerprint density at radius 2 is 1.88 bits per heavy atom. The standard InChI is InChI=1S/C35H55NO4/c1-7-8-9-10-31(38)39-26-14-16-33(5)25(19-26)11-12-27-28(33)15-17-34(6)29(27)20-30-32(34)23(3)35(40-30)18-13-22(2)21-36(35)24(4)37/h11,22-23,26-30,32H,7-10,12-21H2,1-6H3/t22-,23-,26+,27+,28-,29-,30+,32-,33-,34-,35-/m0/s1. The van der Waals surface area contributed by atoms with Gasteiger partial charge in [-0.2, -0.15) is 0 Å². The van der Waals surface area contributed by atoms with Crippen LogP contribution in [0.5, 0.6) is 0 Å². The molecule has 224 valence electrons. The number of hydrogen-bond acceptors (Lipinski definition) is 4. The minimum atomic E-state index is -0.392. The summed E-state index contributed by atoms with van der Waals surface area (Å²) in [6.45, 7) is 14.6. The highest BCUT2D eigenvalue weighted by Crippen LogP contribution is 2.70. The highest BCUT2D eigenvalue weighted by atomic mass is 16.5. The number of amides is 1. The highest BCUT2D eigenvalue weighted by Gasteiger charge is 2.69. The molecule has 3 saturated carbocycles. The van der Waals surface area contributed by atoms with Crippen molar-refractivity contribution in [1.29, 1.82) is 0 Å². The maximum atomic E-state index is 12.8. The molecule has 6 aliphatic rings. The third-order valence-electron chi connectivity index (χ3n) is 13.4. The fourth-order valence-electron chi connectivity index (χ4n) is 11.3. The molecule has 11 atom stereocenters. The van der Waals surface area contributed by atoms with Crippen LogP contribution in [0.3, 0.4) is 0 Å². The first kappa shape index (κ1) is 28.7. The Hall–Kier alpha value is -1.36. The summed E-state index contributed by atoms with van der Waals surface area (Å²) in [6, 6.07) is 0. The van der Waals surface area contributed by atoms with Crippen molar-refractivity contribution in [2.45, 2.75) is 143 Å². The van der Waals surface area contributed by atoms with E-state index in [1.54, 1.807) is 12.5 Å². The number of esters is 1. The van der Waals surface area contributed by atoms with Crippen LogP contribution >= 0.6 is 0 Å². The van der Waals surface area contributed by atoms with E-state index in [0.717, 1.165) is 70.3 Å². The quantitative estimate of drug-likeness (QED) is 0.199.